The van der Waals surface area contributed by atoms with Gasteiger partial charge >= 0.3 is 0 Å². The minimum absolute atomic E-state index is 0.711. The van der Waals surface area contributed by atoms with Crippen LogP contribution in [-0.2, 0) is 6.54 Å². The van der Waals surface area contributed by atoms with Crippen LogP contribution < -0.4 is 5.32 Å². The molecule has 0 radical (unpaired) electrons. The molecule has 1 heteroatoms. The van der Waals surface area contributed by atoms with Gasteiger partial charge in [-0.2, -0.15) is 0 Å². The second-order valence-corrected chi connectivity index (χ2v) is 5.59. The fraction of sp³-hybridized carbons (Fsp3) is 0.600. The van der Waals surface area contributed by atoms with Crippen molar-refractivity contribution in [2.75, 3.05) is 6.54 Å². The Morgan fingerprint density at radius 2 is 1.94 bits per heavy atom. The summed E-state index contributed by atoms with van der Waals surface area (Å²) in [5.74, 6) is 1.49. The molecule has 0 amide bonds. The Kier molecular flexibility index (Phi) is 3.34. The minimum Gasteiger partial charge on any atom is -0.312 e. The SMILES string of the molecule is Cc1cc2c(cc1C)C(CC(C)C)CNC2. The molecule has 0 saturated heterocycles. The summed E-state index contributed by atoms with van der Waals surface area (Å²) in [5, 5.41) is 3.54. The summed E-state index contributed by atoms with van der Waals surface area (Å²) in [5.41, 5.74) is 5.97. The Hall–Kier alpha value is -0.820. The van der Waals surface area contributed by atoms with Crippen LogP contribution in [-0.4, -0.2) is 6.54 Å². The van der Waals surface area contributed by atoms with Crippen LogP contribution in [0.5, 0.6) is 0 Å². The van der Waals surface area contributed by atoms with E-state index in [0.29, 0.717) is 5.92 Å². The first kappa shape index (κ1) is 11.7. The van der Waals surface area contributed by atoms with Gasteiger partial charge in [-0.25, -0.2) is 0 Å². The third-order valence-corrected chi connectivity index (χ3v) is 3.66. The first-order chi connectivity index (χ1) is 7.58. The molecule has 1 N–H and O–H groups in total. The topological polar surface area (TPSA) is 12.0 Å². The molecule has 1 aromatic carbocycles. The summed E-state index contributed by atoms with van der Waals surface area (Å²) in [4.78, 5) is 0. The standard InChI is InChI=1S/C15H23N/c1-10(2)5-13-8-16-9-14-6-11(3)12(4)7-15(13)14/h6-7,10,13,16H,5,8-9H2,1-4H3. The molecule has 0 saturated carbocycles. The van der Waals surface area contributed by atoms with Crippen molar-refractivity contribution in [3.63, 3.8) is 0 Å². The normalized spacial score (nSPS) is 19.9. The van der Waals surface area contributed by atoms with Crippen molar-refractivity contribution < 1.29 is 0 Å². The Balaban J connectivity index is 2.34. The van der Waals surface area contributed by atoms with Crippen LogP contribution in [0, 0.1) is 19.8 Å². The van der Waals surface area contributed by atoms with Gasteiger partial charge in [0.25, 0.3) is 0 Å². The largest absolute Gasteiger partial charge is 0.312 e. The van der Waals surface area contributed by atoms with Crippen LogP contribution in [0.15, 0.2) is 12.1 Å². The zero-order chi connectivity index (χ0) is 11.7. The molecule has 1 aliphatic rings. The quantitative estimate of drug-likeness (QED) is 0.799. The Bertz CT molecular complexity index is 379. The van der Waals surface area contributed by atoms with Crippen molar-refractivity contribution in [2.24, 2.45) is 5.92 Å². The number of nitrogens with one attached hydrogen (secondary N) is 1. The zero-order valence-corrected chi connectivity index (χ0v) is 10.9. The maximum Gasteiger partial charge on any atom is 0.0208 e. The number of benzene rings is 1. The highest BCUT2D eigenvalue weighted by atomic mass is 14.9. The van der Waals surface area contributed by atoms with Crippen LogP contribution in [0.4, 0.5) is 0 Å². The summed E-state index contributed by atoms with van der Waals surface area (Å²) < 4.78 is 0. The van der Waals surface area contributed by atoms with Crippen molar-refractivity contribution in [1.29, 1.82) is 0 Å². The molecule has 0 bridgehead atoms. The van der Waals surface area contributed by atoms with Crippen molar-refractivity contribution in [2.45, 2.75) is 46.6 Å². The maximum atomic E-state index is 3.54. The van der Waals surface area contributed by atoms with Crippen molar-refractivity contribution >= 4 is 0 Å². The Labute approximate surface area is 99.3 Å². The minimum atomic E-state index is 0.711. The van der Waals surface area contributed by atoms with E-state index >= 15 is 0 Å². The Morgan fingerprint density at radius 3 is 2.62 bits per heavy atom. The van der Waals surface area contributed by atoms with Gasteiger partial charge in [-0.3, -0.25) is 0 Å². The van der Waals surface area contributed by atoms with E-state index in [-0.39, 0.29) is 0 Å². The fourth-order valence-electron chi connectivity index (χ4n) is 2.70. The van der Waals surface area contributed by atoms with Gasteiger partial charge < -0.3 is 5.32 Å². The van der Waals surface area contributed by atoms with Gasteiger partial charge in [-0.05, 0) is 54.4 Å². The van der Waals surface area contributed by atoms with Gasteiger partial charge in [-0.15, -0.1) is 0 Å². The van der Waals surface area contributed by atoms with Gasteiger partial charge in [-0.1, -0.05) is 26.0 Å². The molecular weight excluding hydrogens is 194 g/mol. The average Bonchev–Trinajstić information content (AvgIpc) is 2.20. The summed E-state index contributed by atoms with van der Waals surface area (Å²) in [6, 6.07) is 4.78. The summed E-state index contributed by atoms with van der Waals surface area (Å²) >= 11 is 0. The molecule has 2 rings (SSSR count). The molecule has 1 heterocycles. The van der Waals surface area contributed by atoms with Crippen molar-refractivity contribution in [3.8, 4) is 0 Å². The van der Waals surface area contributed by atoms with Crippen LogP contribution in [0.3, 0.4) is 0 Å². The smallest absolute Gasteiger partial charge is 0.0208 e. The lowest BCUT2D eigenvalue weighted by molar-refractivity contribution is 0.448. The van der Waals surface area contributed by atoms with Crippen LogP contribution in [0.2, 0.25) is 0 Å². The molecule has 0 aliphatic carbocycles. The highest BCUT2D eigenvalue weighted by Crippen LogP contribution is 2.31. The number of hydrogen-bond donors (Lipinski definition) is 1. The number of fused-ring (bicyclic) bond motifs is 1. The van der Waals surface area contributed by atoms with Gasteiger partial charge in [0.1, 0.15) is 0 Å². The third-order valence-electron chi connectivity index (χ3n) is 3.66. The monoisotopic (exact) mass is 217 g/mol. The zero-order valence-electron chi connectivity index (χ0n) is 10.9. The lowest BCUT2D eigenvalue weighted by Gasteiger charge is -2.28. The van der Waals surface area contributed by atoms with Crippen molar-refractivity contribution in [1.82, 2.24) is 5.32 Å². The second-order valence-electron chi connectivity index (χ2n) is 5.59. The number of aryl methyl sites for hydroxylation is 2. The first-order valence-electron chi connectivity index (χ1n) is 6.38. The highest BCUT2D eigenvalue weighted by molar-refractivity contribution is 5.40. The van der Waals surface area contributed by atoms with Gasteiger partial charge in [0.15, 0.2) is 0 Å². The van der Waals surface area contributed by atoms with E-state index in [0.717, 1.165) is 19.0 Å². The molecule has 0 spiro atoms. The predicted molar refractivity (Wildman–Crippen MR) is 69.8 cm³/mol. The maximum absolute atomic E-state index is 3.54. The fourth-order valence-corrected chi connectivity index (χ4v) is 2.70. The van der Waals surface area contributed by atoms with E-state index in [4.69, 9.17) is 0 Å². The lowest BCUT2D eigenvalue weighted by Crippen LogP contribution is -2.29. The predicted octanol–water partition coefficient (Wildman–Crippen LogP) is 3.54. The molecule has 1 unspecified atom stereocenters. The van der Waals surface area contributed by atoms with Crippen LogP contribution in [0.1, 0.15) is 48.4 Å². The van der Waals surface area contributed by atoms with Gasteiger partial charge in [0.2, 0.25) is 0 Å². The summed E-state index contributed by atoms with van der Waals surface area (Å²) in [7, 11) is 0. The molecule has 1 atom stereocenters. The van der Waals surface area contributed by atoms with E-state index < -0.39 is 0 Å². The van der Waals surface area contributed by atoms with Gasteiger partial charge in [0, 0.05) is 13.1 Å². The van der Waals surface area contributed by atoms with E-state index in [1.807, 2.05) is 0 Å². The van der Waals surface area contributed by atoms with Crippen LogP contribution in [0.25, 0.3) is 0 Å². The molecule has 0 fully saturated rings. The summed E-state index contributed by atoms with van der Waals surface area (Å²) in [6.07, 6.45) is 1.29. The number of rotatable bonds is 2. The highest BCUT2D eigenvalue weighted by Gasteiger charge is 2.21. The Morgan fingerprint density at radius 1 is 1.25 bits per heavy atom. The van der Waals surface area contributed by atoms with E-state index in [1.165, 1.54) is 23.1 Å². The first-order valence-corrected chi connectivity index (χ1v) is 6.38. The van der Waals surface area contributed by atoms with E-state index in [2.05, 4.69) is 45.1 Å². The van der Waals surface area contributed by atoms with E-state index in [9.17, 15) is 0 Å². The average molecular weight is 217 g/mol. The molecule has 1 aliphatic heterocycles. The summed E-state index contributed by atoms with van der Waals surface area (Å²) in [6.45, 7) is 11.3. The molecular formula is C15H23N. The third kappa shape index (κ3) is 2.30. The molecule has 1 nitrogen and oxygen atoms in total. The van der Waals surface area contributed by atoms with Gasteiger partial charge in [0.05, 0.1) is 0 Å². The van der Waals surface area contributed by atoms with Crippen LogP contribution >= 0.6 is 0 Å². The van der Waals surface area contributed by atoms with Crippen molar-refractivity contribution in [3.05, 3.63) is 34.4 Å². The molecule has 88 valence electrons. The van der Waals surface area contributed by atoms with E-state index in [1.54, 1.807) is 5.56 Å². The second kappa shape index (κ2) is 4.58. The number of hydrogen-bond acceptors (Lipinski definition) is 1. The molecule has 1 aromatic rings. The molecule has 0 aromatic heterocycles. The molecule has 16 heavy (non-hydrogen) atoms. The lowest BCUT2D eigenvalue weighted by atomic mass is 9.83.